The van der Waals surface area contributed by atoms with Crippen LogP contribution in [0.1, 0.15) is 32.1 Å². The maximum atomic E-state index is 12.4. The van der Waals surface area contributed by atoms with Crippen molar-refractivity contribution in [2.45, 2.75) is 44.2 Å². The molecule has 21 heavy (non-hydrogen) atoms. The van der Waals surface area contributed by atoms with E-state index in [4.69, 9.17) is 4.74 Å². The van der Waals surface area contributed by atoms with Crippen LogP contribution in [0.4, 0.5) is 0 Å². The molecule has 120 valence electrons. The fraction of sp³-hybridized carbons (Fsp3) is 0.867. The van der Waals surface area contributed by atoms with Crippen molar-refractivity contribution in [1.82, 2.24) is 9.80 Å². The van der Waals surface area contributed by atoms with Crippen LogP contribution in [0.25, 0.3) is 0 Å². The van der Waals surface area contributed by atoms with Gasteiger partial charge in [-0.2, -0.15) is 0 Å². The molecule has 0 aromatic rings. The Morgan fingerprint density at radius 3 is 2.43 bits per heavy atom. The fourth-order valence-corrected chi connectivity index (χ4v) is 3.33. The quantitative estimate of drug-likeness (QED) is 0.813. The first kappa shape index (κ1) is 16.2. The van der Waals surface area contributed by atoms with Crippen LogP contribution in [0.15, 0.2) is 0 Å². The molecule has 0 bridgehead atoms. The molecule has 0 aromatic heterocycles. The normalized spacial score (nSPS) is 27.0. The molecule has 1 aliphatic carbocycles. The molecule has 0 radical (unpaired) electrons. The number of hydrogen-bond donors (Lipinski definition) is 1. The number of nitrogens with zero attached hydrogens (tertiary/aromatic N) is 2. The van der Waals surface area contributed by atoms with Gasteiger partial charge in [-0.3, -0.25) is 14.5 Å². The molecule has 2 unspecified atom stereocenters. The van der Waals surface area contributed by atoms with Crippen molar-refractivity contribution in [1.29, 1.82) is 0 Å². The third kappa shape index (κ3) is 3.95. The summed E-state index contributed by atoms with van der Waals surface area (Å²) in [6.07, 6.45) is 5.80. The van der Waals surface area contributed by atoms with E-state index in [0.717, 1.165) is 12.8 Å². The van der Waals surface area contributed by atoms with Crippen LogP contribution in [0.5, 0.6) is 0 Å². The number of carboxylic acid groups (broad SMARTS) is 1. The van der Waals surface area contributed by atoms with E-state index < -0.39 is 11.9 Å². The lowest BCUT2D eigenvalue weighted by Gasteiger charge is -2.33. The summed E-state index contributed by atoms with van der Waals surface area (Å²) < 4.78 is 5.26. The van der Waals surface area contributed by atoms with Crippen molar-refractivity contribution in [3.05, 3.63) is 0 Å². The Kier molecular flexibility index (Phi) is 5.58. The highest BCUT2D eigenvalue weighted by atomic mass is 16.5. The van der Waals surface area contributed by atoms with Gasteiger partial charge in [0, 0.05) is 19.1 Å². The van der Waals surface area contributed by atoms with Gasteiger partial charge in [0.05, 0.1) is 25.7 Å². The third-order valence-corrected chi connectivity index (χ3v) is 4.83. The van der Waals surface area contributed by atoms with Crippen molar-refractivity contribution in [3.8, 4) is 0 Å². The van der Waals surface area contributed by atoms with Crippen LogP contribution < -0.4 is 0 Å². The van der Waals surface area contributed by atoms with Crippen molar-refractivity contribution >= 4 is 11.9 Å². The molecule has 1 amide bonds. The summed E-state index contributed by atoms with van der Waals surface area (Å²) in [7, 11) is 3.67. The molecule has 1 saturated carbocycles. The molecule has 6 heteroatoms. The first-order valence-corrected chi connectivity index (χ1v) is 7.77. The minimum Gasteiger partial charge on any atom is -0.481 e. The highest BCUT2D eigenvalue weighted by Crippen LogP contribution is 2.23. The lowest BCUT2D eigenvalue weighted by atomic mass is 9.94. The van der Waals surface area contributed by atoms with E-state index in [1.165, 1.54) is 19.3 Å². The summed E-state index contributed by atoms with van der Waals surface area (Å²) in [5, 5.41) is 9.18. The van der Waals surface area contributed by atoms with Crippen LogP contribution in [0.2, 0.25) is 0 Å². The fourth-order valence-electron chi connectivity index (χ4n) is 3.33. The standard InChI is InChI=1S/C15H26N2O4/c1-16(13-10-21-9-12(13)15(19)20)8-14(18)17(2)11-6-4-3-5-7-11/h11-13H,3-10H2,1-2H3,(H,19,20). The molecule has 2 fully saturated rings. The van der Waals surface area contributed by atoms with Gasteiger partial charge in [-0.25, -0.2) is 0 Å². The minimum atomic E-state index is -0.850. The van der Waals surface area contributed by atoms with Crippen LogP contribution in [0.3, 0.4) is 0 Å². The van der Waals surface area contributed by atoms with E-state index in [0.29, 0.717) is 12.6 Å². The Labute approximate surface area is 126 Å². The second kappa shape index (κ2) is 7.22. The van der Waals surface area contributed by atoms with Crippen molar-refractivity contribution in [2.75, 3.05) is 33.9 Å². The Balaban J connectivity index is 1.87. The molecule has 6 nitrogen and oxygen atoms in total. The van der Waals surface area contributed by atoms with Gasteiger partial charge in [-0.05, 0) is 19.9 Å². The maximum absolute atomic E-state index is 12.4. The zero-order valence-corrected chi connectivity index (χ0v) is 13.0. The smallest absolute Gasteiger partial charge is 0.310 e. The predicted octanol–water partition coefficient (Wildman–Crippen LogP) is 0.809. The molecular formula is C15H26N2O4. The van der Waals surface area contributed by atoms with Crippen LogP contribution >= 0.6 is 0 Å². The molecule has 2 atom stereocenters. The first-order valence-electron chi connectivity index (χ1n) is 7.77. The number of aliphatic carboxylic acids is 1. The van der Waals surface area contributed by atoms with E-state index >= 15 is 0 Å². The lowest BCUT2D eigenvalue weighted by molar-refractivity contribution is -0.144. The van der Waals surface area contributed by atoms with Gasteiger partial charge < -0.3 is 14.7 Å². The second-order valence-electron chi connectivity index (χ2n) is 6.26. The second-order valence-corrected chi connectivity index (χ2v) is 6.26. The van der Waals surface area contributed by atoms with E-state index in [1.807, 2.05) is 23.9 Å². The summed E-state index contributed by atoms with van der Waals surface area (Å²) >= 11 is 0. The molecular weight excluding hydrogens is 272 g/mol. The molecule has 1 heterocycles. The van der Waals surface area contributed by atoms with Crippen LogP contribution in [-0.2, 0) is 14.3 Å². The largest absolute Gasteiger partial charge is 0.481 e. The monoisotopic (exact) mass is 298 g/mol. The Hall–Kier alpha value is -1.14. The third-order valence-electron chi connectivity index (χ3n) is 4.83. The topological polar surface area (TPSA) is 70.1 Å². The number of carbonyl (C=O) groups excluding carboxylic acids is 1. The molecule has 1 N–H and O–H groups in total. The molecule has 2 rings (SSSR count). The highest BCUT2D eigenvalue weighted by Gasteiger charge is 2.37. The average Bonchev–Trinajstić information content (AvgIpc) is 2.97. The Morgan fingerprint density at radius 2 is 1.81 bits per heavy atom. The number of carboxylic acids is 1. The number of amides is 1. The number of carbonyl (C=O) groups is 2. The van der Waals surface area contributed by atoms with Crippen molar-refractivity contribution in [3.63, 3.8) is 0 Å². The number of hydrogen-bond acceptors (Lipinski definition) is 4. The number of ether oxygens (including phenoxy) is 1. The minimum absolute atomic E-state index is 0.0699. The lowest BCUT2D eigenvalue weighted by Crippen LogP contribution is -2.48. The van der Waals surface area contributed by atoms with Gasteiger partial charge in [-0.1, -0.05) is 19.3 Å². The zero-order valence-electron chi connectivity index (χ0n) is 13.0. The van der Waals surface area contributed by atoms with Crippen molar-refractivity contribution < 1.29 is 19.4 Å². The molecule has 0 spiro atoms. The molecule has 1 saturated heterocycles. The van der Waals surface area contributed by atoms with Gasteiger partial charge in [0.1, 0.15) is 0 Å². The SMILES string of the molecule is CN(CC(=O)N(C)C1CCCCC1)C1COCC1C(=O)O. The van der Waals surface area contributed by atoms with E-state index in [2.05, 4.69) is 0 Å². The number of likely N-dealkylation sites (N-methyl/N-ethyl adjacent to an activating group) is 2. The van der Waals surface area contributed by atoms with Gasteiger partial charge >= 0.3 is 5.97 Å². The van der Waals surface area contributed by atoms with Crippen LogP contribution in [-0.4, -0.2) is 72.7 Å². The van der Waals surface area contributed by atoms with Crippen molar-refractivity contribution in [2.24, 2.45) is 5.92 Å². The maximum Gasteiger partial charge on any atom is 0.310 e. The first-order chi connectivity index (χ1) is 10.0. The zero-order chi connectivity index (χ0) is 15.4. The Morgan fingerprint density at radius 1 is 1.14 bits per heavy atom. The summed E-state index contributed by atoms with van der Waals surface area (Å²) in [6, 6.07) is 0.126. The van der Waals surface area contributed by atoms with Crippen LogP contribution in [0, 0.1) is 5.92 Å². The van der Waals surface area contributed by atoms with E-state index in [1.54, 1.807) is 0 Å². The summed E-state index contributed by atoms with van der Waals surface area (Å²) in [5.74, 6) is -1.32. The van der Waals surface area contributed by atoms with Gasteiger partial charge in [0.25, 0.3) is 0 Å². The predicted molar refractivity (Wildman–Crippen MR) is 78.0 cm³/mol. The van der Waals surface area contributed by atoms with Gasteiger partial charge in [0.15, 0.2) is 0 Å². The highest BCUT2D eigenvalue weighted by molar-refractivity contribution is 5.78. The average molecular weight is 298 g/mol. The summed E-state index contributed by atoms with van der Waals surface area (Å²) in [6.45, 7) is 0.871. The van der Waals surface area contributed by atoms with Gasteiger partial charge in [-0.15, -0.1) is 0 Å². The number of rotatable bonds is 5. The summed E-state index contributed by atoms with van der Waals surface area (Å²) in [4.78, 5) is 27.2. The molecule has 1 aliphatic heterocycles. The molecule has 2 aliphatic rings. The Bertz CT molecular complexity index is 382. The van der Waals surface area contributed by atoms with Gasteiger partial charge in [0.2, 0.25) is 5.91 Å². The summed E-state index contributed by atoms with van der Waals surface area (Å²) in [5.41, 5.74) is 0. The molecule has 0 aromatic carbocycles. The van der Waals surface area contributed by atoms with E-state index in [-0.39, 0.29) is 25.1 Å². The van der Waals surface area contributed by atoms with E-state index in [9.17, 15) is 14.7 Å².